The third-order valence-electron chi connectivity index (χ3n) is 11.7. The summed E-state index contributed by atoms with van der Waals surface area (Å²) in [5.41, 5.74) is 3.29. The van der Waals surface area contributed by atoms with Crippen molar-refractivity contribution in [3.8, 4) is 23.0 Å². The number of hydrogen-bond donors (Lipinski definition) is 4. The lowest BCUT2D eigenvalue weighted by Crippen LogP contribution is -2.23. The highest BCUT2D eigenvalue weighted by atomic mass is 19.3. The first-order valence-electron chi connectivity index (χ1n) is 20.6. The molecular formula is C46H62F4NO7+. The summed E-state index contributed by atoms with van der Waals surface area (Å²) in [5, 5.41) is 41.9. The standard InChI is InChI=1S/C46H61F4NO7/c1-29(2)35-17-15-31(5)23-37(35)43-39(25-33(52)27-41(43)54)45(47,48)19-11-7-9-13-21-57-51(56)58-22-14-10-8-12-20-46(49,50)40-26-34(53)28-42(55)44(40)38-24-32(6)16-18-36(38)30(3)4/h23-28,35-38H,1,3,7-22H2,2,4-6H3,(H3-,52,53,54,55)/p+1/t35-,36-,37+,38+/m1/s1. The lowest BCUT2D eigenvalue weighted by molar-refractivity contribution is -0.981. The van der Waals surface area contributed by atoms with Gasteiger partial charge in [-0.15, -0.1) is 0 Å². The number of phenolic OH excluding ortho intramolecular Hbond substituents is 4. The first kappa shape index (κ1) is 46.2. The van der Waals surface area contributed by atoms with E-state index < -0.39 is 48.0 Å². The van der Waals surface area contributed by atoms with Crippen molar-refractivity contribution in [2.75, 3.05) is 13.2 Å². The monoisotopic (exact) mass is 816 g/mol. The van der Waals surface area contributed by atoms with Gasteiger partial charge in [-0.3, -0.25) is 0 Å². The molecule has 0 fully saturated rings. The minimum Gasteiger partial charge on any atom is -0.508 e. The average molecular weight is 817 g/mol. The molecule has 8 nitrogen and oxygen atoms in total. The Morgan fingerprint density at radius 3 is 1.38 bits per heavy atom. The maximum Gasteiger partial charge on any atom is 0.477 e. The van der Waals surface area contributed by atoms with Crippen molar-refractivity contribution in [3.05, 3.63) is 99.0 Å². The van der Waals surface area contributed by atoms with E-state index in [1.807, 2.05) is 39.8 Å². The molecule has 12 heteroatoms. The molecule has 4 atom stereocenters. The molecule has 0 heterocycles. The van der Waals surface area contributed by atoms with Gasteiger partial charge in [0.15, 0.2) is 13.2 Å². The van der Waals surface area contributed by atoms with Crippen molar-refractivity contribution in [3.63, 3.8) is 0 Å². The van der Waals surface area contributed by atoms with Crippen LogP contribution in [0, 0.1) is 16.7 Å². The molecule has 0 saturated heterocycles. The molecular weight excluding hydrogens is 754 g/mol. The van der Waals surface area contributed by atoms with Crippen LogP contribution in [0.1, 0.15) is 152 Å². The van der Waals surface area contributed by atoms with E-state index in [1.54, 1.807) is 0 Å². The zero-order valence-corrected chi connectivity index (χ0v) is 34.5. The van der Waals surface area contributed by atoms with Gasteiger partial charge in [0.1, 0.15) is 27.9 Å². The largest absolute Gasteiger partial charge is 0.508 e. The molecule has 2 aliphatic carbocycles. The predicted octanol–water partition coefficient (Wildman–Crippen LogP) is 13.0. The van der Waals surface area contributed by atoms with E-state index in [1.165, 1.54) is 0 Å². The predicted molar refractivity (Wildman–Crippen MR) is 217 cm³/mol. The summed E-state index contributed by atoms with van der Waals surface area (Å²) >= 11 is 0. The number of halogens is 4. The summed E-state index contributed by atoms with van der Waals surface area (Å²) in [5.74, 6) is -9.37. The van der Waals surface area contributed by atoms with Crippen molar-refractivity contribution in [2.45, 2.75) is 141 Å². The SMILES string of the molecule is C=C(C)[C@H]1CCC(C)=C[C@@H]1c1c(O)cc(O)cc1C(F)(F)CCCCCCO[N+](=O)OCCCCCCC(F)(F)c1cc(O)cc(O)c1[C@H]1C=C(C)CC[C@@H]1C(=C)C. The molecule has 0 unspecified atom stereocenters. The quantitative estimate of drug-likeness (QED) is 0.0404. The lowest BCUT2D eigenvalue weighted by atomic mass is 9.72. The van der Waals surface area contributed by atoms with Crippen molar-refractivity contribution in [1.82, 2.24) is 0 Å². The number of hydrogen-bond acceptors (Lipinski definition) is 7. The van der Waals surface area contributed by atoms with Gasteiger partial charge in [0, 0.05) is 59.1 Å². The fourth-order valence-corrected chi connectivity index (χ4v) is 8.55. The summed E-state index contributed by atoms with van der Waals surface area (Å²) in [6.07, 6.45) is 9.07. The normalized spacial score (nSPS) is 19.9. The van der Waals surface area contributed by atoms with Crippen molar-refractivity contribution < 1.29 is 52.7 Å². The van der Waals surface area contributed by atoms with Gasteiger partial charge in [-0.05, 0) is 116 Å². The number of allylic oxidation sites excluding steroid dienone is 6. The molecule has 4 rings (SSSR count). The summed E-state index contributed by atoms with van der Waals surface area (Å²) < 4.78 is 62.9. The Bertz CT molecular complexity index is 1710. The van der Waals surface area contributed by atoms with Crippen LogP contribution in [0.5, 0.6) is 23.0 Å². The van der Waals surface area contributed by atoms with E-state index in [0.29, 0.717) is 38.5 Å². The number of phenols is 4. The van der Waals surface area contributed by atoms with Crippen LogP contribution in [0.4, 0.5) is 17.6 Å². The second-order valence-electron chi connectivity index (χ2n) is 16.5. The molecule has 0 aromatic heterocycles. The van der Waals surface area contributed by atoms with Gasteiger partial charge in [-0.1, -0.05) is 60.4 Å². The maximum absolute atomic E-state index is 15.7. The highest BCUT2D eigenvalue weighted by Crippen LogP contribution is 2.51. The molecule has 2 aliphatic rings. The number of benzene rings is 2. The zero-order chi connectivity index (χ0) is 42.8. The van der Waals surface area contributed by atoms with Crippen molar-refractivity contribution in [2.24, 2.45) is 11.8 Å². The number of alkyl halides is 4. The molecule has 58 heavy (non-hydrogen) atoms. The number of aromatic hydroxyl groups is 4. The summed E-state index contributed by atoms with van der Waals surface area (Å²) in [6, 6.07) is 4.31. The highest BCUT2D eigenvalue weighted by molar-refractivity contribution is 5.53. The Balaban J connectivity index is 1.15. The molecule has 2 aromatic rings. The fourth-order valence-electron chi connectivity index (χ4n) is 8.55. The van der Waals surface area contributed by atoms with Gasteiger partial charge in [-0.25, -0.2) is 17.6 Å². The van der Waals surface area contributed by atoms with E-state index in [4.69, 9.17) is 9.68 Å². The van der Waals surface area contributed by atoms with Crippen LogP contribution < -0.4 is 0 Å². The Kier molecular flexibility index (Phi) is 16.3. The van der Waals surface area contributed by atoms with Gasteiger partial charge in [-0.2, -0.15) is 9.68 Å². The molecule has 0 radical (unpaired) electrons. The van der Waals surface area contributed by atoms with E-state index in [9.17, 15) is 25.3 Å². The van der Waals surface area contributed by atoms with Crippen LogP contribution >= 0.6 is 0 Å². The molecule has 0 bridgehead atoms. The Morgan fingerprint density at radius 1 is 0.655 bits per heavy atom. The van der Waals surface area contributed by atoms with Gasteiger partial charge < -0.3 is 20.4 Å². The van der Waals surface area contributed by atoms with Gasteiger partial charge in [0.25, 0.3) is 11.8 Å². The van der Waals surface area contributed by atoms with Gasteiger partial charge in [0.2, 0.25) is 0 Å². The molecule has 0 spiro atoms. The summed E-state index contributed by atoms with van der Waals surface area (Å²) in [7, 11) is 0. The van der Waals surface area contributed by atoms with Crippen molar-refractivity contribution >= 4 is 0 Å². The third-order valence-corrected chi connectivity index (χ3v) is 11.7. The smallest absolute Gasteiger partial charge is 0.477 e. The Morgan fingerprint density at radius 2 is 1.02 bits per heavy atom. The Labute approximate surface area is 340 Å². The molecule has 0 amide bonds. The van der Waals surface area contributed by atoms with E-state index >= 15 is 17.6 Å². The first-order valence-corrected chi connectivity index (χ1v) is 20.6. The van der Waals surface area contributed by atoms with Crippen molar-refractivity contribution in [1.29, 1.82) is 0 Å². The second-order valence-corrected chi connectivity index (χ2v) is 16.5. The minimum absolute atomic E-state index is 0.00731. The van der Waals surface area contributed by atoms with Crippen LogP contribution in [-0.2, 0) is 21.5 Å². The summed E-state index contributed by atoms with van der Waals surface area (Å²) in [4.78, 5) is 22.0. The molecule has 2 aromatic carbocycles. The average Bonchev–Trinajstić information content (AvgIpc) is 3.13. The third kappa shape index (κ3) is 12.3. The van der Waals surface area contributed by atoms with Crippen LogP contribution in [0.25, 0.3) is 0 Å². The molecule has 0 aliphatic heterocycles. The van der Waals surface area contributed by atoms with Gasteiger partial charge >= 0.3 is 5.09 Å². The van der Waals surface area contributed by atoms with Crippen LogP contribution in [0.15, 0.2) is 71.9 Å². The second kappa shape index (κ2) is 20.5. The Hall–Kier alpha value is -4.48. The van der Waals surface area contributed by atoms with E-state index in [0.717, 1.165) is 72.2 Å². The minimum atomic E-state index is -3.30. The van der Waals surface area contributed by atoms with Crippen LogP contribution in [0.2, 0.25) is 0 Å². The van der Waals surface area contributed by atoms with E-state index in [2.05, 4.69) is 13.2 Å². The van der Waals surface area contributed by atoms with E-state index in [-0.39, 0.29) is 76.7 Å². The first-order chi connectivity index (χ1) is 27.3. The maximum atomic E-state index is 15.7. The lowest BCUT2D eigenvalue weighted by Gasteiger charge is -2.33. The molecule has 0 saturated carbocycles. The molecule has 4 N–H and O–H groups in total. The van der Waals surface area contributed by atoms with Crippen LogP contribution in [0.3, 0.4) is 0 Å². The summed E-state index contributed by atoms with van der Waals surface area (Å²) in [6.45, 7) is 15.8. The molecule has 320 valence electrons. The van der Waals surface area contributed by atoms with Crippen LogP contribution in [-0.4, -0.2) is 38.7 Å². The topological polar surface area (TPSA) is 119 Å². The zero-order valence-electron chi connectivity index (χ0n) is 34.5. The highest BCUT2D eigenvalue weighted by Gasteiger charge is 2.41. The fraction of sp³-hybridized carbons (Fsp3) is 0.565. The number of nitrogens with zero attached hydrogens (tertiary/aromatic N) is 1. The number of unbranched alkanes of at least 4 members (excludes halogenated alkanes) is 6. The number of rotatable bonds is 22. The van der Waals surface area contributed by atoms with Gasteiger partial charge in [0.05, 0.1) is 0 Å².